The summed E-state index contributed by atoms with van der Waals surface area (Å²) in [5.74, 6) is 2.22. The summed E-state index contributed by atoms with van der Waals surface area (Å²) >= 11 is 0. The van der Waals surface area contributed by atoms with Crippen molar-refractivity contribution in [2.75, 3.05) is 13.2 Å². The summed E-state index contributed by atoms with van der Waals surface area (Å²) in [5.41, 5.74) is 2.89. The van der Waals surface area contributed by atoms with Crippen LogP contribution in [0.3, 0.4) is 0 Å². The van der Waals surface area contributed by atoms with Gasteiger partial charge in [-0.2, -0.15) is 0 Å². The smallest absolute Gasteiger partial charge is 0.224 e. The second-order valence-corrected chi connectivity index (χ2v) is 7.79. The van der Waals surface area contributed by atoms with Gasteiger partial charge < -0.3 is 19.4 Å². The number of hydrogen-bond acceptors (Lipinski definition) is 4. The van der Waals surface area contributed by atoms with E-state index < -0.39 is 0 Å². The predicted octanol–water partition coefficient (Wildman–Crippen LogP) is 4.93. The molecule has 0 aliphatic carbocycles. The molecule has 0 bridgehead atoms. The molecule has 170 valence electrons. The van der Waals surface area contributed by atoms with Crippen LogP contribution in [0.2, 0.25) is 0 Å². The van der Waals surface area contributed by atoms with Gasteiger partial charge in [0.25, 0.3) is 0 Å². The first kappa shape index (κ1) is 22.4. The van der Waals surface area contributed by atoms with Gasteiger partial charge in [-0.15, -0.1) is 0 Å². The number of aromatic nitrogens is 2. The Kier molecular flexibility index (Phi) is 7.25. The minimum Gasteiger partial charge on any atom is -0.490 e. The Morgan fingerprint density at radius 1 is 0.939 bits per heavy atom. The molecule has 4 rings (SSSR count). The highest BCUT2D eigenvalue weighted by Gasteiger charge is 2.19. The number of rotatable bonds is 10. The number of para-hydroxylation sites is 4. The summed E-state index contributed by atoms with van der Waals surface area (Å²) in [7, 11) is 0. The van der Waals surface area contributed by atoms with E-state index in [0.29, 0.717) is 26.2 Å². The second kappa shape index (κ2) is 10.7. The Morgan fingerprint density at radius 3 is 2.36 bits per heavy atom. The molecular weight excluding hydrogens is 414 g/mol. The zero-order valence-electron chi connectivity index (χ0n) is 19.0. The van der Waals surface area contributed by atoms with Crippen molar-refractivity contribution >= 4 is 16.9 Å². The van der Waals surface area contributed by atoms with Crippen molar-refractivity contribution in [2.24, 2.45) is 0 Å². The molecule has 33 heavy (non-hydrogen) atoms. The van der Waals surface area contributed by atoms with E-state index in [9.17, 15) is 4.79 Å². The van der Waals surface area contributed by atoms with Gasteiger partial charge in [-0.1, -0.05) is 54.6 Å². The molecule has 1 atom stereocenters. The lowest BCUT2D eigenvalue weighted by atomic mass is 10.1. The molecule has 1 unspecified atom stereocenters. The van der Waals surface area contributed by atoms with Crippen LogP contribution in [0.4, 0.5) is 0 Å². The van der Waals surface area contributed by atoms with Crippen LogP contribution in [0.15, 0.2) is 78.9 Å². The number of benzene rings is 3. The van der Waals surface area contributed by atoms with E-state index in [2.05, 4.69) is 9.88 Å². The molecule has 0 spiro atoms. The van der Waals surface area contributed by atoms with Gasteiger partial charge in [0.1, 0.15) is 12.4 Å². The van der Waals surface area contributed by atoms with E-state index in [0.717, 1.165) is 33.9 Å². The van der Waals surface area contributed by atoms with Crippen molar-refractivity contribution in [3.8, 4) is 11.5 Å². The maximum absolute atomic E-state index is 12.6. The first-order valence-electron chi connectivity index (χ1n) is 11.3. The van der Waals surface area contributed by atoms with Crippen LogP contribution in [0.1, 0.15) is 31.3 Å². The van der Waals surface area contributed by atoms with Gasteiger partial charge in [-0.3, -0.25) is 4.79 Å². The van der Waals surface area contributed by atoms with E-state index >= 15 is 0 Å². The number of amides is 1. The van der Waals surface area contributed by atoms with Crippen LogP contribution in [0, 0.1) is 0 Å². The third-order valence-electron chi connectivity index (χ3n) is 5.38. The third kappa shape index (κ3) is 5.52. The lowest BCUT2D eigenvalue weighted by Gasteiger charge is -2.17. The zero-order chi connectivity index (χ0) is 23.0. The fourth-order valence-corrected chi connectivity index (χ4v) is 3.89. The van der Waals surface area contributed by atoms with E-state index in [-0.39, 0.29) is 11.9 Å². The van der Waals surface area contributed by atoms with Crippen molar-refractivity contribution in [2.45, 2.75) is 32.9 Å². The van der Waals surface area contributed by atoms with Crippen LogP contribution < -0.4 is 14.8 Å². The van der Waals surface area contributed by atoms with Gasteiger partial charge in [0.15, 0.2) is 11.5 Å². The first-order chi connectivity index (χ1) is 16.2. The molecule has 3 aromatic carbocycles. The summed E-state index contributed by atoms with van der Waals surface area (Å²) < 4.78 is 13.8. The lowest BCUT2D eigenvalue weighted by Crippen LogP contribution is -2.30. The Hall–Kier alpha value is -3.80. The summed E-state index contributed by atoms with van der Waals surface area (Å²) in [4.78, 5) is 17.4. The number of nitrogens with zero attached hydrogens (tertiary/aromatic N) is 2. The number of carbonyl (C=O) groups excluding carboxylic acids is 1. The number of imidazole rings is 1. The highest BCUT2D eigenvalue weighted by atomic mass is 16.5. The Morgan fingerprint density at radius 2 is 1.61 bits per heavy atom. The molecule has 0 aliphatic heterocycles. The average Bonchev–Trinajstić information content (AvgIpc) is 3.20. The first-order valence-corrected chi connectivity index (χ1v) is 11.3. The summed E-state index contributed by atoms with van der Waals surface area (Å²) in [6, 6.07) is 25.1. The van der Waals surface area contributed by atoms with E-state index in [4.69, 9.17) is 14.5 Å². The number of hydrogen-bond donors (Lipinski definition) is 1. The van der Waals surface area contributed by atoms with Crippen LogP contribution >= 0.6 is 0 Å². The van der Waals surface area contributed by atoms with Gasteiger partial charge in [0, 0.05) is 0 Å². The summed E-state index contributed by atoms with van der Waals surface area (Å²) in [6.45, 7) is 5.54. The van der Waals surface area contributed by atoms with Gasteiger partial charge >= 0.3 is 0 Å². The average molecular weight is 444 g/mol. The van der Waals surface area contributed by atoms with Crippen molar-refractivity contribution < 1.29 is 14.3 Å². The van der Waals surface area contributed by atoms with Crippen LogP contribution in [0.25, 0.3) is 11.0 Å². The Labute approximate surface area is 194 Å². The summed E-state index contributed by atoms with van der Waals surface area (Å²) in [5, 5.41) is 3.10. The number of nitrogens with one attached hydrogen (secondary N) is 1. The highest BCUT2D eigenvalue weighted by Crippen LogP contribution is 2.27. The SMILES string of the molecule is CCOc1ccccc1OCCn1c(C(C)NC(=O)Cc2ccccc2)nc2ccccc21. The predicted molar refractivity (Wildman–Crippen MR) is 130 cm³/mol. The highest BCUT2D eigenvalue weighted by molar-refractivity contribution is 5.79. The molecule has 1 N–H and O–H groups in total. The monoisotopic (exact) mass is 443 g/mol. The topological polar surface area (TPSA) is 65.4 Å². The van der Waals surface area contributed by atoms with Crippen LogP contribution in [0.5, 0.6) is 11.5 Å². The number of ether oxygens (including phenoxy) is 2. The summed E-state index contributed by atoms with van der Waals surface area (Å²) in [6.07, 6.45) is 0.336. The van der Waals surface area contributed by atoms with E-state index in [1.807, 2.05) is 92.7 Å². The molecule has 0 aliphatic rings. The molecule has 0 saturated carbocycles. The van der Waals surface area contributed by atoms with Crippen molar-refractivity contribution in [1.82, 2.24) is 14.9 Å². The Bertz CT molecular complexity index is 1200. The molecule has 1 amide bonds. The van der Waals surface area contributed by atoms with Crippen molar-refractivity contribution in [3.05, 3.63) is 90.3 Å². The molecular formula is C27H29N3O3. The minimum atomic E-state index is -0.246. The third-order valence-corrected chi connectivity index (χ3v) is 5.38. The van der Waals surface area contributed by atoms with Crippen LogP contribution in [-0.4, -0.2) is 28.7 Å². The van der Waals surface area contributed by atoms with Gasteiger partial charge in [0.05, 0.1) is 36.6 Å². The van der Waals surface area contributed by atoms with Crippen molar-refractivity contribution in [3.63, 3.8) is 0 Å². The molecule has 0 saturated heterocycles. The molecule has 0 radical (unpaired) electrons. The van der Waals surface area contributed by atoms with E-state index in [1.54, 1.807) is 0 Å². The number of carbonyl (C=O) groups is 1. The quantitative estimate of drug-likeness (QED) is 0.377. The van der Waals surface area contributed by atoms with E-state index in [1.165, 1.54) is 0 Å². The standard InChI is InChI=1S/C27H29N3O3/c1-3-32-24-15-9-10-16-25(24)33-18-17-30-23-14-8-7-13-22(23)29-27(30)20(2)28-26(31)19-21-11-5-4-6-12-21/h4-16,20H,3,17-19H2,1-2H3,(H,28,31). The molecule has 1 heterocycles. The largest absolute Gasteiger partial charge is 0.490 e. The molecule has 1 aromatic heterocycles. The minimum absolute atomic E-state index is 0.0332. The fraction of sp³-hybridized carbons (Fsp3) is 0.259. The maximum Gasteiger partial charge on any atom is 0.224 e. The van der Waals surface area contributed by atoms with Gasteiger partial charge in [0.2, 0.25) is 5.91 Å². The second-order valence-electron chi connectivity index (χ2n) is 7.79. The molecule has 6 heteroatoms. The molecule has 4 aromatic rings. The fourth-order valence-electron chi connectivity index (χ4n) is 3.89. The number of fused-ring (bicyclic) bond motifs is 1. The van der Waals surface area contributed by atoms with Gasteiger partial charge in [-0.05, 0) is 43.7 Å². The van der Waals surface area contributed by atoms with Crippen LogP contribution in [-0.2, 0) is 17.8 Å². The molecule has 6 nitrogen and oxygen atoms in total. The maximum atomic E-state index is 12.6. The Balaban J connectivity index is 1.49. The van der Waals surface area contributed by atoms with Crippen molar-refractivity contribution in [1.29, 1.82) is 0 Å². The van der Waals surface area contributed by atoms with Gasteiger partial charge in [-0.25, -0.2) is 4.98 Å². The normalized spacial score (nSPS) is 11.8. The molecule has 0 fully saturated rings. The lowest BCUT2D eigenvalue weighted by molar-refractivity contribution is -0.121. The zero-order valence-corrected chi connectivity index (χ0v) is 19.0.